The Kier molecular flexibility index (Phi) is 6.50. The molecule has 0 radical (unpaired) electrons. The smallest absolute Gasteiger partial charge is 0.120 e. The highest BCUT2D eigenvalue weighted by Crippen LogP contribution is 2.41. The molecular formula is C25H38N2O2. The fraction of sp³-hybridized carbons (Fsp3) is 0.680. The maximum Gasteiger partial charge on any atom is 0.120 e. The van der Waals surface area contributed by atoms with Gasteiger partial charge in [-0.1, -0.05) is 19.9 Å². The first-order valence-corrected chi connectivity index (χ1v) is 11.5. The van der Waals surface area contributed by atoms with Crippen molar-refractivity contribution < 1.29 is 9.47 Å². The molecule has 0 atom stereocenters. The molecule has 1 aliphatic carbocycles. The Morgan fingerprint density at radius 3 is 2.52 bits per heavy atom. The van der Waals surface area contributed by atoms with E-state index in [1.807, 2.05) is 0 Å². The summed E-state index contributed by atoms with van der Waals surface area (Å²) in [6.45, 7) is 12.4. The van der Waals surface area contributed by atoms with E-state index >= 15 is 0 Å². The van der Waals surface area contributed by atoms with E-state index in [-0.39, 0.29) is 0 Å². The van der Waals surface area contributed by atoms with Crippen LogP contribution in [0.3, 0.4) is 0 Å². The topological polar surface area (TPSA) is 24.9 Å². The molecule has 0 N–H and O–H groups in total. The van der Waals surface area contributed by atoms with Crippen molar-refractivity contribution >= 4 is 11.3 Å². The third kappa shape index (κ3) is 5.16. The van der Waals surface area contributed by atoms with Crippen molar-refractivity contribution in [3.05, 3.63) is 29.8 Å². The van der Waals surface area contributed by atoms with Gasteiger partial charge in [0.05, 0.1) is 7.11 Å². The second-order valence-electron chi connectivity index (χ2n) is 9.82. The number of rotatable bonds is 5. The quantitative estimate of drug-likeness (QED) is 0.709. The Labute approximate surface area is 176 Å². The van der Waals surface area contributed by atoms with Gasteiger partial charge in [-0.2, -0.15) is 0 Å². The van der Waals surface area contributed by atoms with E-state index < -0.39 is 0 Å². The summed E-state index contributed by atoms with van der Waals surface area (Å²) in [4.78, 5) is 5.24. The predicted octanol–water partition coefficient (Wildman–Crippen LogP) is 4.84. The summed E-state index contributed by atoms with van der Waals surface area (Å²) < 4.78 is 11.1. The molecule has 2 fully saturated rings. The lowest BCUT2D eigenvalue weighted by Gasteiger charge is -2.39. The van der Waals surface area contributed by atoms with E-state index in [9.17, 15) is 0 Å². The van der Waals surface area contributed by atoms with Crippen molar-refractivity contribution in [1.82, 2.24) is 4.90 Å². The molecule has 29 heavy (non-hydrogen) atoms. The summed E-state index contributed by atoms with van der Waals surface area (Å²) in [7, 11) is 1.77. The van der Waals surface area contributed by atoms with Crippen molar-refractivity contribution in [1.29, 1.82) is 0 Å². The average molecular weight is 399 g/mol. The van der Waals surface area contributed by atoms with E-state index in [2.05, 4.69) is 47.9 Å². The standard InChI is InChI=1S/C25H38N2O2/c1-25(2)10-6-21(7-11-25)23-5-4-22(28-3)18-24(23)27-14-12-26(13-15-27)19-20-8-16-29-17-9-20/h4-6,18,20H,7-17,19H2,1-3H3. The molecule has 4 rings (SSSR count). The first kappa shape index (κ1) is 20.7. The number of piperazine rings is 1. The number of allylic oxidation sites excluding steroid dienone is 2. The van der Waals surface area contributed by atoms with Crippen LogP contribution in [0.15, 0.2) is 24.3 Å². The molecule has 2 aliphatic heterocycles. The molecule has 0 bridgehead atoms. The van der Waals surface area contributed by atoms with Gasteiger partial charge >= 0.3 is 0 Å². The predicted molar refractivity (Wildman–Crippen MR) is 121 cm³/mol. The van der Waals surface area contributed by atoms with Gasteiger partial charge in [-0.3, -0.25) is 4.90 Å². The maximum absolute atomic E-state index is 5.57. The number of methoxy groups -OCH3 is 1. The van der Waals surface area contributed by atoms with Crippen LogP contribution in [0.1, 0.15) is 51.5 Å². The van der Waals surface area contributed by atoms with E-state index in [0.717, 1.165) is 51.1 Å². The van der Waals surface area contributed by atoms with E-state index in [1.165, 1.54) is 55.5 Å². The van der Waals surface area contributed by atoms with Crippen LogP contribution in [-0.4, -0.2) is 57.9 Å². The molecular weight excluding hydrogens is 360 g/mol. The molecule has 0 unspecified atom stereocenters. The molecule has 0 saturated carbocycles. The third-order valence-electron chi connectivity index (χ3n) is 7.09. The number of anilines is 1. The van der Waals surface area contributed by atoms with E-state index in [0.29, 0.717) is 5.41 Å². The normalized spacial score (nSPS) is 23.7. The SMILES string of the molecule is COc1ccc(C2=CCC(C)(C)CC2)c(N2CCN(CC3CCOCC3)CC2)c1. The lowest BCUT2D eigenvalue weighted by atomic mass is 9.77. The van der Waals surface area contributed by atoms with Gasteiger partial charge in [0.1, 0.15) is 5.75 Å². The monoisotopic (exact) mass is 398 g/mol. The lowest BCUT2D eigenvalue weighted by Crippen LogP contribution is -2.48. The Bertz CT molecular complexity index is 714. The third-order valence-corrected chi connectivity index (χ3v) is 7.09. The zero-order valence-electron chi connectivity index (χ0n) is 18.6. The first-order chi connectivity index (χ1) is 14.0. The van der Waals surface area contributed by atoms with Crippen LogP contribution in [0.5, 0.6) is 5.75 Å². The largest absolute Gasteiger partial charge is 0.497 e. The summed E-state index contributed by atoms with van der Waals surface area (Å²) in [5.41, 5.74) is 4.73. The minimum atomic E-state index is 0.436. The highest BCUT2D eigenvalue weighted by molar-refractivity contribution is 5.78. The Morgan fingerprint density at radius 2 is 1.86 bits per heavy atom. The minimum Gasteiger partial charge on any atom is -0.497 e. The molecule has 3 aliphatic rings. The molecule has 1 aromatic carbocycles. The van der Waals surface area contributed by atoms with Gasteiger partial charge in [0.2, 0.25) is 0 Å². The van der Waals surface area contributed by atoms with E-state index in [4.69, 9.17) is 9.47 Å². The van der Waals surface area contributed by atoms with E-state index in [1.54, 1.807) is 7.11 Å². The first-order valence-electron chi connectivity index (χ1n) is 11.5. The number of nitrogens with zero attached hydrogens (tertiary/aromatic N) is 2. The van der Waals surface area contributed by atoms with Gasteiger partial charge in [-0.25, -0.2) is 0 Å². The molecule has 0 aromatic heterocycles. The fourth-order valence-corrected chi connectivity index (χ4v) is 4.96. The van der Waals surface area contributed by atoms with Gasteiger partial charge in [0.25, 0.3) is 0 Å². The van der Waals surface area contributed by atoms with Gasteiger partial charge in [-0.05, 0) is 61.1 Å². The molecule has 0 amide bonds. The number of hydrogen-bond acceptors (Lipinski definition) is 4. The van der Waals surface area contributed by atoms with Crippen LogP contribution in [0.2, 0.25) is 0 Å². The number of benzene rings is 1. The van der Waals surface area contributed by atoms with Gasteiger partial charge in [-0.15, -0.1) is 0 Å². The van der Waals surface area contributed by atoms with Crippen LogP contribution in [0, 0.1) is 11.3 Å². The summed E-state index contributed by atoms with van der Waals surface area (Å²) >= 11 is 0. The Hall–Kier alpha value is -1.52. The molecule has 4 heteroatoms. The maximum atomic E-state index is 5.57. The molecule has 1 aromatic rings. The highest BCUT2D eigenvalue weighted by Gasteiger charge is 2.26. The zero-order chi connectivity index (χ0) is 20.3. The van der Waals surface area contributed by atoms with Crippen molar-refractivity contribution in [3.63, 3.8) is 0 Å². The van der Waals surface area contributed by atoms with Crippen molar-refractivity contribution in [2.24, 2.45) is 11.3 Å². The van der Waals surface area contributed by atoms with Crippen LogP contribution in [-0.2, 0) is 4.74 Å². The summed E-state index contributed by atoms with van der Waals surface area (Å²) in [5, 5.41) is 0. The molecule has 160 valence electrons. The van der Waals surface area contributed by atoms with Gasteiger partial charge in [0, 0.05) is 63.3 Å². The van der Waals surface area contributed by atoms with Crippen LogP contribution in [0.4, 0.5) is 5.69 Å². The number of hydrogen-bond donors (Lipinski definition) is 0. The van der Waals surface area contributed by atoms with Gasteiger partial charge < -0.3 is 14.4 Å². The summed E-state index contributed by atoms with van der Waals surface area (Å²) in [6.07, 6.45) is 8.55. The van der Waals surface area contributed by atoms with Crippen LogP contribution >= 0.6 is 0 Å². The summed E-state index contributed by atoms with van der Waals surface area (Å²) in [6, 6.07) is 6.66. The lowest BCUT2D eigenvalue weighted by molar-refractivity contribution is 0.0517. The van der Waals surface area contributed by atoms with Crippen molar-refractivity contribution in [3.8, 4) is 5.75 Å². The molecule has 2 saturated heterocycles. The van der Waals surface area contributed by atoms with Crippen molar-refractivity contribution in [2.75, 3.05) is 57.9 Å². The van der Waals surface area contributed by atoms with Crippen molar-refractivity contribution in [2.45, 2.75) is 46.0 Å². The second kappa shape index (κ2) is 9.09. The molecule has 0 spiro atoms. The Balaban J connectivity index is 1.45. The molecule has 2 heterocycles. The minimum absolute atomic E-state index is 0.436. The Morgan fingerprint density at radius 1 is 1.10 bits per heavy atom. The van der Waals surface area contributed by atoms with Crippen LogP contribution in [0.25, 0.3) is 5.57 Å². The highest BCUT2D eigenvalue weighted by atomic mass is 16.5. The number of ether oxygens (including phenoxy) is 2. The molecule has 4 nitrogen and oxygen atoms in total. The second-order valence-corrected chi connectivity index (χ2v) is 9.82. The van der Waals surface area contributed by atoms with Gasteiger partial charge in [0.15, 0.2) is 0 Å². The van der Waals surface area contributed by atoms with Crippen LogP contribution < -0.4 is 9.64 Å². The summed E-state index contributed by atoms with van der Waals surface area (Å²) in [5.74, 6) is 1.78. The average Bonchev–Trinajstić information content (AvgIpc) is 2.75. The zero-order valence-corrected chi connectivity index (χ0v) is 18.6. The fourth-order valence-electron chi connectivity index (χ4n) is 4.96.